The summed E-state index contributed by atoms with van der Waals surface area (Å²) in [5.74, 6) is 0. The smallest absolute Gasteiger partial charge is 0.0357 e. The summed E-state index contributed by atoms with van der Waals surface area (Å²) >= 11 is 7.71. The standard InChI is InChI=1S/C9H6BrIS/c1-5-2-6-3-8(11)7(10)4-9(6)12-5/h2-4H,1H3. The highest BCUT2D eigenvalue weighted by Crippen LogP contribution is 2.31. The lowest BCUT2D eigenvalue weighted by molar-refractivity contribution is 1.64. The van der Waals surface area contributed by atoms with Crippen LogP contribution < -0.4 is 0 Å². The molecule has 2 rings (SSSR count). The molecule has 0 N–H and O–H groups in total. The second-order valence-electron chi connectivity index (χ2n) is 2.66. The number of fused-ring (bicyclic) bond motifs is 1. The molecule has 0 amide bonds. The summed E-state index contributed by atoms with van der Waals surface area (Å²) < 4.78 is 3.83. The fraction of sp³-hybridized carbons (Fsp3) is 0.111. The Morgan fingerprint density at radius 3 is 2.83 bits per heavy atom. The first kappa shape index (κ1) is 8.97. The van der Waals surface area contributed by atoms with Gasteiger partial charge in [-0.3, -0.25) is 0 Å². The summed E-state index contributed by atoms with van der Waals surface area (Å²) in [5, 5.41) is 1.35. The van der Waals surface area contributed by atoms with Gasteiger partial charge in [0.2, 0.25) is 0 Å². The third-order valence-corrected chi connectivity index (χ3v) is 4.99. The van der Waals surface area contributed by atoms with E-state index >= 15 is 0 Å². The average Bonchev–Trinajstić information content (AvgIpc) is 2.30. The van der Waals surface area contributed by atoms with Crippen molar-refractivity contribution in [1.82, 2.24) is 0 Å². The summed E-state index contributed by atoms with van der Waals surface area (Å²) in [6, 6.07) is 6.63. The van der Waals surface area contributed by atoms with Crippen molar-refractivity contribution in [1.29, 1.82) is 0 Å². The molecule has 1 heterocycles. The Bertz CT molecular complexity index is 394. The van der Waals surface area contributed by atoms with Gasteiger partial charge in [-0.15, -0.1) is 11.3 Å². The molecule has 0 fully saturated rings. The average molecular weight is 353 g/mol. The van der Waals surface area contributed by atoms with Gasteiger partial charge in [-0.05, 0) is 69.0 Å². The van der Waals surface area contributed by atoms with E-state index in [2.05, 4.69) is 63.6 Å². The molecular weight excluding hydrogens is 347 g/mol. The van der Waals surface area contributed by atoms with Crippen LogP contribution in [-0.2, 0) is 0 Å². The van der Waals surface area contributed by atoms with Gasteiger partial charge in [0.15, 0.2) is 0 Å². The van der Waals surface area contributed by atoms with E-state index in [-0.39, 0.29) is 0 Å². The van der Waals surface area contributed by atoms with Gasteiger partial charge in [-0.25, -0.2) is 0 Å². The highest BCUT2D eigenvalue weighted by atomic mass is 127. The van der Waals surface area contributed by atoms with Crippen molar-refractivity contribution in [3.63, 3.8) is 0 Å². The van der Waals surface area contributed by atoms with Gasteiger partial charge in [0.25, 0.3) is 0 Å². The first-order valence-electron chi connectivity index (χ1n) is 3.52. The molecule has 0 saturated heterocycles. The zero-order chi connectivity index (χ0) is 8.72. The Morgan fingerprint density at radius 1 is 1.33 bits per heavy atom. The lowest BCUT2D eigenvalue weighted by atomic mass is 10.2. The minimum absolute atomic E-state index is 1.19. The van der Waals surface area contributed by atoms with Crippen LogP contribution in [0.2, 0.25) is 0 Å². The summed E-state index contributed by atoms with van der Waals surface area (Å²) in [7, 11) is 0. The quantitative estimate of drug-likeness (QED) is 0.609. The molecule has 0 aliphatic rings. The molecule has 0 radical (unpaired) electrons. The molecule has 0 aliphatic heterocycles. The Morgan fingerprint density at radius 2 is 2.08 bits per heavy atom. The molecule has 62 valence electrons. The fourth-order valence-corrected chi connectivity index (χ4v) is 3.10. The van der Waals surface area contributed by atoms with Gasteiger partial charge in [0, 0.05) is 17.6 Å². The largest absolute Gasteiger partial charge is 0.141 e. The van der Waals surface area contributed by atoms with Crippen molar-refractivity contribution < 1.29 is 0 Å². The summed E-state index contributed by atoms with van der Waals surface area (Å²) in [6.45, 7) is 2.14. The molecular formula is C9H6BrIS. The summed E-state index contributed by atoms with van der Waals surface area (Å²) in [4.78, 5) is 1.37. The van der Waals surface area contributed by atoms with Crippen molar-refractivity contribution in [2.24, 2.45) is 0 Å². The summed E-state index contributed by atoms with van der Waals surface area (Å²) in [6.07, 6.45) is 0. The zero-order valence-corrected chi connectivity index (χ0v) is 11.0. The van der Waals surface area contributed by atoms with Crippen LogP contribution in [0.3, 0.4) is 0 Å². The van der Waals surface area contributed by atoms with E-state index in [0.717, 1.165) is 0 Å². The maximum absolute atomic E-state index is 3.52. The first-order valence-corrected chi connectivity index (χ1v) is 6.21. The number of aryl methyl sites for hydroxylation is 1. The Hall–Kier alpha value is 0.390. The van der Waals surface area contributed by atoms with Crippen molar-refractivity contribution in [2.45, 2.75) is 6.92 Å². The molecule has 0 saturated carbocycles. The van der Waals surface area contributed by atoms with Gasteiger partial charge < -0.3 is 0 Å². The number of benzene rings is 1. The van der Waals surface area contributed by atoms with Crippen molar-refractivity contribution in [2.75, 3.05) is 0 Å². The van der Waals surface area contributed by atoms with Crippen LogP contribution >= 0.6 is 49.9 Å². The number of thiophene rings is 1. The molecule has 0 aliphatic carbocycles. The molecule has 0 bridgehead atoms. The lowest BCUT2D eigenvalue weighted by Gasteiger charge is -1.94. The summed E-state index contributed by atoms with van der Waals surface area (Å²) in [5.41, 5.74) is 0. The van der Waals surface area contributed by atoms with E-state index in [0.29, 0.717) is 0 Å². The van der Waals surface area contributed by atoms with E-state index in [1.165, 1.54) is 23.0 Å². The Labute approximate surface area is 97.2 Å². The fourth-order valence-electron chi connectivity index (χ4n) is 1.17. The lowest BCUT2D eigenvalue weighted by Crippen LogP contribution is -1.71. The van der Waals surface area contributed by atoms with Crippen LogP contribution in [-0.4, -0.2) is 0 Å². The van der Waals surface area contributed by atoms with Crippen LogP contribution in [0.4, 0.5) is 0 Å². The highest BCUT2D eigenvalue weighted by molar-refractivity contribution is 14.1. The topological polar surface area (TPSA) is 0 Å². The number of rotatable bonds is 0. The van der Waals surface area contributed by atoms with Crippen molar-refractivity contribution in [3.8, 4) is 0 Å². The van der Waals surface area contributed by atoms with Crippen LogP contribution in [0.1, 0.15) is 4.88 Å². The van der Waals surface area contributed by atoms with Crippen LogP contribution in [0.15, 0.2) is 22.7 Å². The third kappa shape index (κ3) is 1.54. The Balaban J connectivity index is 2.83. The number of hydrogen-bond acceptors (Lipinski definition) is 1. The van der Waals surface area contributed by atoms with E-state index in [1.54, 1.807) is 0 Å². The van der Waals surface area contributed by atoms with E-state index in [1.807, 2.05) is 11.3 Å². The molecule has 3 heteroatoms. The van der Waals surface area contributed by atoms with Gasteiger partial charge in [-0.2, -0.15) is 0 Å². The molecule has 12 heavy (non-hydrogen) atoms. The molecule has 0 spiro atoms. The highest BCUT2D eigenvalue weighted by Gasteiger charge is 2.02. The SMILES string of the molecule is Cc1cc2cc(I)c(Br)cc2s1. The molecule has 1 aromatic heterocycles. The van der Waals surface area contributed by atoms with Crippen molar-refractivity contribution >= 4 is 59.9 Å². The molecule has 0 unspecified atom stereocenters. The van der Waals surface area contributed by atoms with E-state index in [4.69, 9.17) is 0 Å². The Kier molecular flexibility index (Phi) is 2.44. The van der Waals surface area contributed by atoms with E-state index in [9.17, 15) is 0 Å². The minimum atomic E-state index is 1.19. The van der Waals surface area contributed by atoms with Crippen LogP contribution in [0.5, 0.6) is 0 Å². The van der Waals surface area contributed by atoms with Crippen LogP contribution in [0.25, 0.3) is 10.1 Å². The van der Waals surface area contributed by atoms with Gasteiger partial charge >= 0.3 is 0 Å². The van der Waals surface area contributed by atoms with Crippen molar-refractivity contribution in [3.05, 3.63) is 31.1 Å². The predicted octanol–water partition coefficient (Wildman–Crippen LogP) is 4.58. The monoisotopic (exact) mass is 352 g/mol. The van der Waals surface area contributed by atoms with Gasteiger partial charge in [0.05, 0.1) is 0 Å². The second kappa shape index (κ2) is 3.27. The zero-order valence-electron chi connectivity index (χ0n) is 6.40. The number of hydrogen-bond donors (Lipinski definition) is 0. The third-order valence-electron chi connectivity index (χ3n) is 1.68. The van der Waals surface area contributed by atoms with Gasteiger partial charge in [0.1, 0.15) is 0 Å². The predicted molar refractivity (Wildman–Crippen MR) is 67.0 cm³/mol. The van der Waals surface area contributed by atoms with Crippen LogP contribution in [0, 0.1) is 10.5 Å². The van der Waals surface area contributed by atoms with E-state index < -0.39 is 0 Å². The number of halogens is 2. The normalized spacial score (nSPS) is 10.9. The molecule has 0 nitrogen and oxygen atoms in total. The molecule has 1 aromatic carbocycles. The molecule has 2 aromatic rings. The second-order valence-corrected chi connectivity index (χ2v) is 5.97. The first-order chi connectivity index (χ1) is 5.66. The maximum Gasteiger partial charge on any atom is 0.0357 e. The minimum Gasteiger partial charge on any atom is -0.141 e. The van der Waals surface area contributed by atoms with Gasteiger partial charge in [-0.1, -0.05) is 0 Å². The molecule has 0 atom stereocenters. The maximum atomic E-state index is 3.52.